The zero-order valence-electron chi connectivity index (χ0n) is 13.0. The fraction of sp³-hybridized carbons (Fsp3) is 0.235. The number of carbonyl (C=O) groups excluding carboxylic acids is 1. The topological polar surface area (TPSA) is 73.6 Å². The van der Waals surface area contributed by atoms with E-state index < -0.39 is 0 Å². The smallest absolute Gasteiger partial charge is 0.251 e. The highest BCUT2D eigenvalue weighted by Gasteiger charge is 2.08. The fourth-order valence-electron chi connectivity index (χ4n) is 2.09. The maximum Gasteiger partial charge on any atom is 0.251 e. The van der Waals surface area contributed by atoms with Crippen LogP contribution in [0.4, 0.5) is 5.69 Å². The van der Waals surface area contributed by atoms with Crippen LogP contribution in [0.25, 0.3) is 0 Å². The Bertz CT molecular complexity index is 684. The summed E-state index contributed by atoms with van der Waals surface area (Å²) >= 11 is 0. The van der Waals surface area contributed by atoms with Gasteiger partial charge in [0.1, 0.15) is 0 Å². The Morgan fingerprint density at radius 1 is 1.09 bits per heavy atom. The van der Waals surface area contributed by atoms with Gasteiger partial charge in [0.25, 0.3) is 5.91 Å². The second kappa shape index (κ2) is 6.85. The van der Waals surface area contributed by atoms with E-state index in [0.717, 1.165) is 11.1 Å². The van der Waals surface area contributed by atoms with Gasteiger partial charge < -0.3 is 20.5 Å². The average Bonchev–Trinajstić information content (AvgIpc) is 2.54. The lowest BCUT2D eigenvalue weighted by atomic mass is 10.1. The standard InChI is InChI=1S/C17H20N2O3/c1-11-8-13(5-6-14(11)18)17(20)19-10-12-4-7-15(21-2)16(9-12)22-3/h4-9H,10,18H2,1-3H3,(H,19,20). The van der Waals surface area contributed by atoms with Crippen LogP contribution in [0, 0.1) is 6.92 Å². The molecule has 22 heavy (non-hydrogen) atoms. The van der Waals surface area contributed by atoms with Gasteiger partial charge in [0, 0.05) is 17.8 Å². The summed E-state index contributed by atoms with van der Waals surface area (Å²) in [4.78, 5) is 12.2. The molecule has 0 heterocycles. The highest BCUT2D eigenvalue weighted by molar-refractivity contribution is 5.94. The number of hydrogen-bond donors (Lipinski definition) is 2. The molecule has 0 aliphatic carbocycles. The average molecular weight is 300 g/mol. The maximum absolute atomic E-state index is 12.2. The van der Waals surface area contributed by atoms with Gasteiger partial charge in [-0.15, -0.1) is 0 Å². The molecule has 2 rings (SSSR count). The fourth-order valence-corrected chi connectivity index (χ4v) is 2.09. The first-order valence-corrected chi connectivity index (χ1v) is 6.90. The summed E-state index contributed by atoms with van der Waals surface area (Å²) < 4.78 is 10.4. The van der Waals surface area contributed by atoms with Gasteiger partial charge in [0.15, 0.2) is 11.5 Å². The van der Waals surface area contributed by atoms with Crippen molar-refractivity contribution in [2.24, 2.45) is 0 Å². The molecular weight excluding hydrogens is 280 g/mol. The predicted octanol–water partition coefficient (Wildman–Crippen LogP) is 2.52. The zero-order chi connectivity index (χ0) is 16.1. The number of benzene rings is 2. The normalized spacial score (nSPS) is 10.1. The molecule has 0 spiro atoms. The van der Waals surface area contributed by atoms with E-state index in [0.29, 0.717) is 29.3 Å². The van der Waals surface area contributed by atoms with Crippen molar-refractivity contribution in [1.82, 2.24) is 5.32 Å². The minimum atomic E-state index is -0.141. The summed E-state index contributed by atoms with van der Waals surface area (Å²) in [6, 6.07) is 10.8. The molecule has 1 amide bonds. The van der Waals surface area contributed by atoms with Crippen molar-refractivity contribution in [3.63, 3.8) is 0 Å². The molecule has 0 saturated carbocycles. The van der Waals surface area contributed by atoms with Crippen LogP contribution in [0.2, 0.25) is 0 Å². The number of aryl methyl sites for hydroxylation is 1. The molecule has 0 radical (unpaired) electrons. The molecule has 0 bridgehead atoms. The van der Waals surface area contributed by atoms with Crippen LogP contribution in [-0.4, -0.2) is 20.1 Å². The predicted molar refractivity (Wildman–Crippen MR) is 86.3 cm³/mol. The number of nitrogens with two attached hydrogens (primary N) is 1. The Kier molecular flexibility index (Phi) is 4.88. The third-order valence-electron chi connectivity index (χ3n) is 3.43. The van der Waals surface area contributed by atoms with Gasteiger partial charge in [0.2, 0.25) is 0 Å². The second-order valence-electron chi connectivity index (χ2n) is 4.94. The molecule has 0 unspecified atom stereocenters. The van der Waals surface area contributed by atoms with Crippen molar-refractivity contribution in [1.29, 1.82) is 0 Å². The molecule has 2 aromatic rings. The number of methoxy groups -OCH3 is 2. The second-order valence-corrected chi connectivity index (χ2v) is 4.94. The summed E-state index contributed by atoms with van der Waals surface area (Å²) in [5, 5.41) is 2.87. The number of ether oxygens (including phenoxy) is 2. The van der Waals surface area contributed by atoms with Crippen LogP contribution >= 0.6 is 0 Å². The van der Waals surface area contributed by atoms with Crippen molar-refractivity contribution >= 4 is 11.6 Å². The van der Waals surface area contributed by atoms with Crippen molar-refractivity contribution in [3.8, 4) is 11.5 Å². The molecule has 0 saturated heterocycles. The van der Waals surface area contributed by atoms with Crippen LogP contribution in [0.5, 0.6) is 11.5 Å². The van der Waals surface area contributed by atoms with Gasteiger partial charge in [-0.05, 0) is 48.4 Å². The van der Waals surface area contributed by atoms with Crippen molar-refractivity contribution in [3.05, 3.63) is 53.1 Å². The number of nitrogen functional groups attached to an aromatic ring is 1. The summed E-state index contributed by atoms with van der Waals surface area (Å²) in [6.45, 7) is 2.28. The molecule has 116 valence electrons. The van der Waals surface area contributed by atoms with Gasteiger partial charge >= 0.3 is 0 Å². The Morgan fingerprint density at radius 3 is 2.45 bits per heavy atom. The Morgan fingerprint density at radius 2 is 1.82 bits per heavy atom. The third kappa shape index (κ3) is 3.49. The lowest BCUT2D eigenvalue weighted by Crippen LogP contribution is -2.22. The number of rotatable bonds is 5. The van der Waals surface area contributed by atoms with E-state index in [1.54, 1.807) is 32.4 Å². The van der Waals surface area contributed by atoms with Crippen LogP contribution in [-0.2, 0) is 6.54 Å². The van der Waals surface area contributed by atoms with Gasteiger partial charge in [-0.2, -0.15) is 0 Å². The molecular formula is C17H20N2O3. The number of amides is 1. The van der Waals surface area contributed by atoms with Crippen LogP contribution in [0.1, 0.15) is 21.5 Å². The van der Waals surface area contributed by atoms with Gasteiger partial charge in [-0.1, -0.05) is 6.07 Å². The highest BCUT2D eigenvalue weighted by Crippen LogP contribution is 2.27. The molecule has 5 heteroatoms. The first-order valence-electron chi connectivity index (χ1n) is 6.90. The number of carbonyl (C=O) groups is 1. The van der Waals surface area contributed by atoms with E-state index in [1.807, 2.05) is 25.1 Å². The quantitative estimate of drug-likeness (QED) is 0.832. The molecule has 2 aromatic carbocycles. The van der Waals surface area contributed by atoms with E-state index >= 15 is 0 Å². The Labute approximate surface area is 130 Å². The van der Waals surface area contributed by atoms with Crippen molar-refractivity contribution in [2.45, 2.75) is 13.5 Å². The molecule has 0 fully saturated rings. The van der Waals surface area contributed by atoms with Crippen LogP contribution < -0.4 is 20.5 Å². The lowest BCUT2D eigenvalue weighted by molar-refractivity contribution is 0.0951. The minimum Gasteiger partial charge on any atom is -0.493 e. The molecule has 3 N–H and O–H groups in total. The minimum absolute atomic E-state index is 0.141. The maximum atomic E-state index is 12.2. The van der Waals surface area contributed by atoms with E-state index in [4.69, 9.17) is 15.2 Å². The van der Waals surface area contributed by atoms with Crippen molar-refractivity contribution < 1.29 is 14.3 Å². The van der Waals surface area contributed by atoms with E-state index in [1.165, 1.54) is 0 Å². The molecule has 0 aromatic heterocycles. The molecule has 0 atom stereocenters. The summed E-state index contributed by atoms with van der Waals surface area (Å²) in [7, 11) is 3.17. The summed E-state index contributed by atoms with van der Waals surface area (Å²) in [5.74, 6) is 1.15. The molecule has 0 aliphatic heterocycles. The van der Waals surface area contributed by atoms with E-state index in [9.17, 15) is 4.79 Å². The molecule has 5 nitrogen and oxygen atoms in total. The highest BCUT2D eigenvalue weighted by atomic mass is 16.5. The van der Waals surface area contributed by atoms with Crippen LogP contribution in [0.3, 0.4) is 0 Å². The SMILES string of the molecule is COc1ccc(CNC(=O)c2ccc(N)c(C)c2)cc1OC. The summed E-state index contributed by atoms with van der Waals surface area (Å²) in [6.07, 6.45) is 0. The third-order valence-corrected chi connectivity index (χ3v) is 3.43. The summed E-state index contributed by atoms with van der Waals surface area (Å²) in [5.41, 5.74) is 8.84. The van der Waals surface area contributed by atoms with Gasteiger partial charge in [-0.25, -0.2) is 0 Å². The zero-order valence-corrected chi connectivity index (χ0v) is 13.0. The number of hydrogen-bond acceptors (Lipinski definition) is 4. The Hall–Kier alpha value is -2.69. The largest absolute Gasteiger partial charge is 0.493 e. The van der Waals surface area contributed by atoms with E-state index in [2.05, 4.69) is 5.32 Å². The van der Waals surface area contributed by atoms with E-state index in [-0.39, 0.29) is 5.91 Å². The van der Waals surface area contributed by atoms with Crippen LogP contribution in [0.15, 0.2) is 36.4 Å². The Balaban J connectivity index is 2.06. The van der Waals surface area contributed by atoms with Crippen molar-refractivity contribution in [2.75, 3.05) is 20.0 Å². The molecule has 0 aliphatic rings. The first kappa shape index (κ1) is 15.7. The number of nitrogens with one attached hydrogen (secondary N) is 1. The lowest BCUT2D eigenvalue weighted by Gasteiger charge is -2.11. The number of anilines is 1. The monoisotopic (exact) mass is 300 g/mol. The van der Waals surface area contributed by atoms with Gasteiger partial charge in [-0.3, -0.25) is 4.79 Å². The first-order chi connectivity index (χ1) is 10.5. The van der Waals surface area contributed by atoms with Gasteiger partial charge in [0.05, 0.1) is 14.2 Å².